The first kappa shape index (κ1) is 11.0. The lowest BCUT2D eigenvalue weighted by atomic mass is 9.79. The van der Waals surface area contributed by atoms with Gasteiger partial charge in [0, 0.05) is 23.5 Å². The van der Waals surface area contributed by atoms with Crippen molar-refractivity contribution in [3.05, 3.63) is 29.6 Å². The van der Waals surface area contributed by atoms with Crippen LogP contribution in [-0.4, -0.2) is 10.7 Å². The Balaban J connectivity index is 2.02. The summed E-state index contributed by atoms with van der Waals surface area (Å²) in [5, 5.41) is 10.2. The Bertz CT molecular complexity index is 467. The molecular weight excluding hydrogens is 219 g/mol. The van der Waals surface area contributed by atoms with Gasteiger partial charge >= 0.3 is 0 Å². The van der Waals surface area contributed by atoms with Crippen molar-refractivity contribution in [2.75, 3.05) is 0 Å². The van der Waals surface area contributed by atoms with Crippen LogP contribution in [-0.2, 0) is 0 Å². The predicted octanol–water partition coefficient (Wildman–Crippen LogP) is 3.20. The number of fused-ring (bicyclic) bond motifs is 1. The highest BCUT2D eigenvalue weighted by molar-refractivity contribution is 5.39. The molecule has 92 valence electrons. The highest BCUT2D eigenvalue weighted by atomic mass is 19.1. The van der Waals surface area contributed by atoms with E-state index < -0.39 is 6.10 Å². The van der Waals surface area contributed by atoms with E-state index in [0.717, 1.165) is 12.8 Å². The summed E-state index contributed by atoms with van der Waals surface area (Å²) in [7, 11) is 0. The summed E-state index contributed by atoms with van der Waals surface area (Å²) in [5.41, 5.74) is 0.443. The molecule has 0 amide bonds. The summed E-state index contributed by atoms with van der Waals surface area (Å²) in [6.07, 6.45) is 2.26. The van der Waals surface area contributed by atoms with Gasteiger partial charge in [0.25, 0.3) is 0 Å². The molecule has 1 fully saturated rings. The van der Waals surface area contributed by atoms with Gasteiger partial charge in [0.2, 0.25) is 0 Å². The van der Waals surface area contributed by atoms with Crippen LogP contribution < -0.4 is 4.74 Å². The van der Waals surface area contributed by atoms with Gasteiger partial charge in [0.15, 0.2) is 0 Å². The molecule has 1 saturated carbocycles. The minimum absolute atomic E-state index is 0.123. The Kier molecular flexibility index (Phi) is 2.09. The predicted molar refractivity (Wildman–Crippen MR) is 62.4 cm³/mol. The van der Waals surface area contributed by atoms with E-state index in [1.807, 2.05) is 6.92 Å². The van der Waals surface area contributed by atoms with E-state index in [2.05, 4.69) is 6.92 Å². The first-order valence-corrected chi connectivity index (χ1v) is 6.10. The number of halogens is 1. The summed E-state index contributed by atoms with van der Waals surface area (Å²) in [4.78, 5) is 0. The molecule has 2 atom stereocenters. The summed E-state index contributed by atoms with van der Waals surface area (Å²) in [6, 6.07) is 4.36. The van der Waals surface area contributed by atoms with Crippen LogP contribution in [0.5, 0.6) is 5.75 Å². The molecule has 1 aromatic rings. The van der Waals surface area contributed by atoms with E-state index in [-0.39, 0.29) is 16.8 Å². The molecule has 17 heavy (non-hydrogen) atoms. The zero-order chi connectivity index (χ0) is 12.3. The van der Waals surface area contributed by atoms with Gasteiger partial charge in [-0.25, -0.2) is 4.39 Å². The molecule has 0 spiro atoms. The van der Waals surface area contributed by atoms with Gasteiger partial charge < -0.3 is 9.84 Å². The van der Waals surface area contributed by atoms with Crippen molar-refractivity contribution >= 4 is 0 Å². The van der Waals surface area contributed by atoms with Crippen LogP contribution in [0.2, 0.25) is 0 Å². The molecule has 0 saturated heterocycles. The second-order valence-corrected chi connectivity index (χ2v) is 5.80. The van der Waals surface area contributed by atoms with Gasteiger partial charge in [0.05, 0.1) is 6.10 Å². The molecule has 0 radical (unpaired) electrons. The van der Waals surface area contributed by atoms with Gasteiger partial charge in [-0.05, 0) is 31.9 Å². The molecule has 1 N–H and O–H groups in total. The van der Waals surface area contributed by atoms with E-state index in [1.165, 1.54) is 12.1 Å². The number of aliphatic hydroxyl groups excluding tert-OH is 1. The fraction of sp³-hybridized carbons (Fsp3) is 0.571. The van der Waals surface area contributed by atoms with E-state index >= 15 is 0 Å². The maximum atomic E-state index is 13.2. The zero-order valence-corrected chi connectivity index (χ0v) is 10.2. The van der Waals surface area contributed by atoms with Crippen LogP contribution in [0.25, 0.3) is 0 Å². The Labute approximate surface area is 100 Å². The molecule has 1 unspecified atom stereocenters. The van der Waals surface area contributed by atoms with E-state index in [1.54, 1.807) is 6.07 Å². The Morgan fingerprint density at radius 3 is 2.71 bits per heavy atom. The molecule has 1 aromatic carbocycles. The number of hydrogen-bond acceptors (Lipinski definition) is 2. The Morgan fingerprint density at radius 2 is 2.06 bits per heavy atom. The molecule has 2 nitrogen and oxygen atoms in total. The molecule has 3 heteroatoms. The Hall–Kier alpha value is -1.09. The molecule has 1 heterocycles. The van der Waals surface area contributed by atoms with Crippen molar-refractivity contribution in [1.82, 2.24) is 0 Å². The maximum absolute atomic E-state index is 13.2. The second-order valence-electron chi connectivity index (χ2n) is 5.80. The molecule has 1 aliphatic heterocycles. The lowest BCUT2D eigenvalue weighted by molar-refractivity contribution is -0.0474. The quantitative estimate of drug-likeness (QED) is 0.811. The van der Waals surface area contributed by atoms with Crippen molar-refractivity contribution in [2.45, 2.75) is 44.8 Å². The minimum Gasteiger partial charge on any atom is -0.486 e. The average Bonchev–Trinajstić information content (AvgIpc) is 2.97. The van der Waals surface area contributed by atoms with Gasteiger partial charge in [-0.15, -0.1) is 0 Å². The van der Waals surface area contributed by atoms with Crippen molar-refractivity contribution in [1.29, 1.82) is 0 Å². The third-order valence-corrected chi connectivity index (χ3v) is 4.53. The second kappa shape index (κ2) is 3.22. The van der Waals surface area contributed by atoms with Crippen LogP contribution >= 0.6 is 0 Å². The molecule has 0 aromatic heterocycles. The Morgan fingerprint density at radius 1 is 1.35 bits per heavy atom. The fourth-order valence-electron chi connectivity index (χ4n) is 2.72. The zero-order valence-electron chi connectivity index (χ0n) is 10.2. The molecular formula is C14H17FO2. The molecule has 0 bridgehead atoms. The van der Waals surface area contributed by atoms with Crippen LogP contribution in [0.3, 0.4) is 0 Å². The maximum Gasteiger partial charge on any atom is 0.128 e. The van der Waals surface area contributed by atoms with Crippen molar-refractivity contribution < 1.29 is 14.2 Å². The summed E-state index contributed by atoms with van der Waals surface area (Å²) in [5.74, 6) is 0.181. The number of ether oxygens (including phenoxy) is 1. The first-order valence-electron chi connectivity index (χ1n) is 6.10. The van der Waals surface area contributed by atoms with E-state index in [4.69, 9.17) is 4.74 Å². The topological polar surface area (TPSA) is 29.5 Å². The van der Waals surface area contributed by atoms with E-state index in [0.29, 0.717) is 17.7 Å². The third-order valence-electron chi connectivity index (χ3n) is 4.53. The lowest BCUT2D eigenvalue weighted by Gasteiger charge is -2.42. The van der Waals surface area contributed by atoms with Crippen LogP contribution in [0.15, 0.2) is 18.2 Å². The SMILES string of the molecule is CC1(C2(C)C[C@H](O)c3ccc(F)cc3O2)CC1. The number of hydrogen-bond donors (Lipinski definition) is 1. The smallest absolute Gasteiger partial charge is 0.128 e. The largest absolute Gasteiger partial charge is 0.486 e. The average molecular weight is 236 g/mol. The minimum atomic E-state index is -0.554. The lowest BCUT2D eigenvalue weighted by Crippen LogP contribution is -2.45. The molecule has 3 rings (SSSR count). The standard InChI is InChI=1S/C14H17FO2/c1-13(5-6-13)14(2)8-11(16)10-4-3-9(15)7-12(10)17-14/h3-4,7,11,16H,5-6,8H2,1-2H3/t11-,14?/m0/s1. The van der Waals surface area contributed by atoms with Crippen LogP contribution in [0, 0.1) is 11.2 Å². The number of rotatable bonds is 1. The van der Waals surface area contributed by atoms with Crippen LogP contribution in [0.4, 0.5) is 4.39 Å². The third kappa shape index (κ3) is 1.56. The van der Waals surface area contributed by atoms with Gasteiger partial charge in [-0.1, -0.05) is 6.92 Å². The monoisotopic (exact) mass is 236 g/mol. The normalized spacial score (nSPS) is 33.8. The summed E-state index contributed by atoms with van der Waals surface area (Å²) >= 11 is 0. The summed E-state index contributed by atoms with van der Waals surface area (Å²) in [6.45, 7) is 4.20. The summed E-state index contributed by atoms with van der Waals surface area (Å²) < 4.78 is 19.2. The van der Waals surface area contributed by atoms with Gasteiger partial charge in [-0.2, -0.15) is 0 Å². The van der Waals surface area contributed by atoms with E-state index in [9.17, 15) is 9.50 Å². The fourth-order valence-corrected chi connectivity index (χ4v) is 2.72. The number of aliphatic hydroxyl groups is 1. The first-order chi connectivity index (χ1) is 7.94. The van der Waals surface area contributed by atoms with Crippen LogP contribution in [0.1, 0.15) is 44.8 Å². The highest BCUT2D eigenvalue weighted by Gasteiger charge is 2.57. The van der Waals surface area contributed by atoms with Crippen molar-refractivity contribution in [3.63, 3.8) is 0 Å². The van der Waals surface area contributed by atoms with Crippen molar-refractivity contribution in [2.24, 2.45) is 5.41 Å². The van der Waals surface area contributed by atoms with Gasteiger partial charge in [-0.3, -0.25) is 0 Å². The van der Waals surface area contributed by atoms with Gasteiger partial charge in [0.1, 0.15) is 17.2 Å². The van der Waals surface area contributed by atoms with Crippen molar-refractivity contribution in [3.8, 4) is 5.75 Å². The molecule has 2 aliphatic rings. The number of benzene rings is 1. The molecule has 1 aliphatic carbocycles. The highest BCUT2D eigenvalue weighted by Crippen LogP contribution is 2.59.